The van der Waals surface area contributed by atoms with Gasteiger partial charge in [-0.05, 0) is 83.5 Å². The van der Waals surface area contributed by atoms with Crippen molar-refractivity contribution < 1.29 is 28.6 Å². The fourth-order valence-corrected chi connectivity index (χ4v) is 7.50. The normalized spacial score (nSPS) is 12.4. The van der Waals surface area contributed by atoms with Crippen molar-refractivity contribution in [3.63, 3.8) is 0 Å². The van der Waals surface area contributed by atoms with E-state index in [1.807, 2.05) is 0 Å². The quantitative estimate of drug-likeness (QED) is 0.0262. The van der Waals surface area contributed by atoms with Gasteiger partial charge in [0, 0.05) is 19.3 Å². The topological polar surface area (TPSA) is 78.9 Å². The highest BCUT2D eigenvalue weighted by atomic mass is 16.6. The molecule has 0 aromatic heterocycles. The molecule has 62 heavy (non-hydrogen) atoms. The zero-order valence-corrected chi connectivity index (χ0v) is 41.1. The van der Waals surface area contributed by atoms with Crippen molar-refractivity contribution in [1.29, 1.82) is 0 Å². The molecule has 1 atom stereocenters. The molecule has 0 aliphatic carbocycles. The molecule has 0 aliphatic heterocycles. The summed E-state index contributed by atoms with van der Waals surface area (Å²) in [5.74, 6) is -0.899. The van der Waals surface area contributed by atoms with Crippen molar-refractivity contribution in [3.05, 3.63) is 48.6 Å². The average Bonchev–Trinajstić information content (AvgIpc) is 3.27. The second kappa shape index (κ2) is 51.0. The lowest BCUT2D eigenvalue weighted by atomic mass is 10.1. The Morgan fingerprint density at radius 1 is 0.323 bits per heavy atom. The Morgan fingerprint density at radius 3 is 0.919 bits per heavy atom. The van der Waals surface area contributed by atoms with Crippen LogP contribution in [0.25, 0.3) is 0 Å². The molecule has 0 fully saturated rings. The molecule has 0 heterocycles. The summed E-state index contributed by atoms with van der Waals surface area (Å²) >= 11 is 0. The molecule has 0 spiro atoms. The molecule has 0 amide bonds. The first-order valence-electron chi connectivity index (χ1n) is 26.6. The zero-order valence-electron chi connectivity index (χ0n) is 41.1. The Balaban J connectivity index is 4.22. The number of ether oxygens (including phenoxy) is 3. The molecule has 0 saturated heterocycles. The Morgan fingerprint density at radius 2 is 0.581 bits per heavy atom. The third-order valence-electron chi connectivity index (χ3n) is 11.6. The van der Waals surface area contributed by atoms with Crippen molar-refractivity contribution in [3.8, 4) is 0 Å². The maximum absolute atomic E-state index is 12.8. The molecule has 0 aliphatic rings. The van der Waals surface area contributed by atoms with Gasteiger partial charge in [0.1, 0.15) is 13.2 Å². The summed E-state index contributed by atoms with van der Waals surface area (Å²) in [5, 5.41) is 0. The van der Waals surface area contributed by atoms with Gasteiger partial charge in [0.05, 0.1) is 0 Å². The molecule has 0 bridgehead atoms. The molecular formula is C56H100O6. The van der Waals surface area contributed by atoms with E-state index in [9.17, 15) is 14.4 Å². The van der Waals surface area contributed by atoms with E-state index in [4.69, 9.17) is 14.2 Å². The predicted molar refractivity (Wildman–Crippen MR) is 265 cm³/mol. The van der Waals surface area contributed by atoms with E-state index in [1.54, 1.807) is 0 Å². The smallest absolute Gasteiger partial charge is 0.306 e. The molecule has 6 heteroatoms. The van der Waals surface area contributed by atoms with Crippen LogP contribution < -0.4 is 0 Å². The monoisotopic (exact) mass is 869 g/mol. The summed E-state index contributed by atoms with van der Waals surface area (Å²) in [7, 11) is 0. The van der Waals surface area contributed by atoms with Crippen molar-refractivity contribution in [2.24, 2.45) is 0 Å². The number of esters is 3. The molecule has 0 saturated carbocycles. The summed E-state index contributed by atoms with van der Waals surface area (Å²) in [5.41, 5.74) is 0. The number of hydrogen-bond acceptors (Lipinski definition) is 6. The molecule has 0 aromatic carbocycles. The van der Waals surface area contributed by atoms with E-state index >= 15 is 0 Å². The summed E-state index contributed by atoms with van der Waals surface area (Å²) in [4.78, 5) is 37.8. The summed E-state index contributed by atoms with van der Waals surface area (Å²) in [6, 6.07) is 0. The van der Waals surface area contributed by atoms with Crippen LogP contribution in [-0.4, -0.2) is 37.2 Å². The standard InChI is InChI=1S/C56H100O6/c1-4-7-10-13-16-18-20-22-24-26-27-28-29-31-32-34-36-38-40-43-46-49-55(58)61-52-53(51-60-54(57)48-45-42-15-12-9-6-3)62-56(59)50-47-44-41-39-37-35-33-30-25-23-21-19-17-14-11-8-5-2/h20,22-23,25-27,29,31,53H,4-19,21,24,28,30,32-52H2,1-3H3/b22-20-,25-23-,27-26-,31-29-. The highest BCUT2D eigenvalue weighted by molar-refractivity contribution is 5.71. The van der Waals surface area contributed by atoms with Crippen molar-refractivity contribution in [2.75, 3.05) is 13.2 Å². The lowest BCUT2D eigenvalue weighted by Gasteiger charge is -2.18. The molecule has 6 nitrogen and oxygen atoms in total. The second-order valence-electron chi connectivity index (χ2n) is 17.8. The first-order valence-corrected chi connectivity index (χ1v) is 26.6. The largest absolute Gasteiger partial charge is 0.462 e. The van der Waals surface area contributed by atoms with Crippen LogP contribution in [-0.2, 0) is 28.6 Å². The Hall–Kier alpha value is -2.63. The molecule has 0 radical (unpaired) electrons. The van der Waals surface area contributed by atoms with E-state index in [0.29, 0.717) is 19.3 Å². The molecule has 360 valence electrons. The summed E-state index contributed by atoms with van der Waals surface area (Å²) in [6.45, 7) is 6.56. The number of rotatable bonds is 48. The van der Waals surface area contributed by atoms with Crippen molar-refractivity contribution >= 4 is 17.9 Å². The van der Waals surface area contributed by atoms with Gasteiger partial charge in [-0.25, -0.2) is 0 Å². The second-order valence-corrected chi connectivity index (χ2v) is 17.8. The van der Waals surface area contributed by atoms with Crippen LogP contribution in [0.3, 0.4) is 0 Å². The average molecular weight is 869 g/mol. The van der Waals surface area contributed by atoms with Crippen LogP contribution in [0.1, 0.15) is 271 Å². The van der Waals surface area contributed by atoms with Crippen LogP contribution in [0.5, 0.6) is 0 Å². The van der Waals surface area contributed by atoms with Gasteiger partial charge in [-0.3, -0.25) is 14.4 Å². The highest BCUT2D eigenvalue weighted by Gasteiger charge is 2.19. The highest BCUT2D eigenvalue weighted by Crippen LogP contribution is 2.14. The van der Waals surface area contributed by atoms with Gasteiger partial charge in [-0.1, -0.05) is 217 Å². The summed E-state index contributed by atoms with van der Waals surface area (Å²) < 4.78 is 16.7. The van der Waals surface area contributed by atoms with Crippen LogP contribution in [0.2, 0.25) is 0 Å². The van der Waals surface area contributed by atoms with Gasteiger partial charge in [0.15, 0.2) is 6.10 Å². The minimum Gasteiger partial charge on any atom is -0.462 e. The lowest BCUT2D eigenvalue weighted by Crippen LogP contribution is -2.30. The van der Waals surface area contributed by atoms with E-state index in [1.165, 1.54) is 154 Å². The van der Waals surface area contributed by atoms with Crippen molar-refractivity contribution in [2.45, 2.75) is 277 Å². The van der Waals surface area contributed by atoms with Gasteiger partial charge in [-0.15, -0.1) is 0 Å². The summed E-state index contributed by atoms with van der Waals surface area (Å²) in [6.07, 6.45) is 61.2. The molecule has 0 rings (SSSR count). The van der Waals surface area contributed by atoms with Gasteiger partial charge in [-0.2, -0.15) is 0 Å². The van der Waals surface area contributed by atoms with Gasteiger partial charge < -0.3 is 14.2 Å². The van der Waals surface area contributed by atoms with Gasteiger partial charge in [0.2, 0.25) is 0 Å². The maximum atomic E-state index is 12.8. The molecular weight excluding hydrogens is 769 g/mol. The van der Waals surface area contributed by atoms with Gasteiger partial charge >= 0.3 is 17.9 Å². The van der Waals surface area contributed by atoms with Crippen molar-refractivity contribution in [1.82, 2.24) is 0 Å². The number of allylic oxidation sites excluding steroid dienone is 8. The Kier molecular flexibility index (Phi) is 48.8. The number of carbonyl (C=O) groups is 3. The van der Waals surface area contributed by atoms with Crippen LogP contribution in [0.4, 0.5) is 0 Å². The van der Waals surface area contributed by atoms with E-state index < -0.39 is 6.10 Å². The first-order chi connectivity index (χ1) is 30.5. The molecule has 0 aromatic rings. The SMILES string of the molecule is CCCCCCC/C=C\C/C=C\C/C=C\CCCCCCCCC(=O)OCC(COC(=O)CCCCCCCC)OC(=O)CCCCCCCCC/C=C\CCCCCCCC. The van der Waals surface area contributed by atoms with Crippen LogP contribution >= 0.6 is 0 Å². The Labute approximate surface area is 384 Å². The molecule has 0 N–H and O–H groups in total. The van der Waals surface area contributed by atoms with Crippen LogP contribution in [0, 0.1) is 0 Å². The van der Waals surface area contributed by atoms with Gasteiger partial charge in [0.25, 0.3) is 0 Å². The fourth-order valence-electron chi connectivity index (χ4n) is 7.50. The lowest BCUT2D eigenvalue weighted by molar-refractivity contribution is -0.167. The minimum absolute atomic E-state index is 0.0786. The number of unbranched alkanes of at least 4 members (excludes halogenated alkanes) is 29. The minimum atomic E-state index is -0.776. The van der Waals surface area contributed by atoms with E-state index in [0.717, 1.165) is 77.0 Å². The number of carbonyl (C=O) groups excluding carboxylic acids is 3. The fraction of sp³-hybridized carbons (Fsp3) is 0.804. The maximum Gasteiger partial charge on any atom is 0.306 e. The third kappa shape index (κ3) is 48.4. The Bertz CT molecular complexity index is 1090. The number of hydrogen-bond donors (Lipinski definition) is 0. The van der Waals surface area contributed by atoms with Crippen LogP contribution in [0.15, 0.2) is 48.6 Å². The molecule has 1 unspecified atom stereocenters. The van der Waals surface area contributed by atoms with E-state index in [2.05, 4.69) is 69.4 Å². The zero-order chi connectivity index (χ0) is 45.1. The third-order valence-corrected chi connectivity index (χ3v) is 11.6. The van der Waals surface area contributed by atoms with E-state index in [-0.39, 0.29) is 31.1 Å². The first kappa shape index (κ1) is 59.4. The predicted octanol–water partition coefficient (Wildman–Crippen LogP) is 17.5.